The standard InChI is InChI=1S/C15H17N5/c1-9(2)20-14-6-5-12(18-13(14)8-17-20)11-7-16-19-15(11)10-3-4-10/h5-10H,3-4H2,1-2H3,(H,16,19). The van der Waals surface area contributed by atoms with Crippen LogP contribution in [0.4, 0.5) is 0 Å². The molecule has 3 heterocycles. The molecule has 5 heteroatoms. The predicted octanol–water partition coefficient (Wildman–Crippen LogP) is 3.28. The lowest BCUT2D eigenvalue weighted by atomic mass is 10.1. The molecule has 1 saturated carbocycles. The van der Waals surface area contributed by atoms with E-state index >= 15 is 0 Å². The fourth-order valence-corrected chi connectivity index (χ4v) is 2.67. The number of H-pyrrole nitrogens is 1. The topological polar surface area (TPSA) is 59.4 Å². The zero-order valence-electron chi connectivity index (χ0n) is 11.7. The number of aromatic nitrogens is 5. The molecule has 0 spiro atoms. The van der Waals surface area contributed by atoms with Crippen LogP contribution in [-0.2, 0) is 0 Å². The Hall–Kier alpha value is -2.17. The van der Waals surface area contributed by atoms with Gasteiger partial charge in [-0.05, 0) is 38.8 Å². The molecule has 1 aliphatic rings. The Morgan fingerprint density at radius 3 is 2.90 bits per heavy atom. The van der Waals surface area contributed by atoms with E-state index in [-0.39, 0.29) is 0 Å². The average molecular weight is 267 g/mol. The number of nitrogens with one attached hydrogen (secondary N) is 1. The average Bonchev–Trinajstić information content (AvgIpc) is 3.02. The third kappa shape index (κ3) is 1.73. The molecule has 0 aromatic carbocycles. The molecule has 3 aromatic heterocycles. The van der Waals surface area contributed by atoms with Crippen molar-refractivity contribution < 1.29 is 0 Å². The number of rotatable bonds is 3. The molecule has 0 amide bonds. The number of aromatic amines is 1. The molecule has 0 unspecified atom stereocenters. The highest BCUT2D eigenvalue weighted by molar-refractivity contribution is 5.78. The van der Waals surface area contributed by atoms with E-state index in [0.717, 1.165) is 28.0 Å². The van der Waals surface area contributed by atoms with Gasteiger partial charge in [0.2, 0.25) is 0 Å². The lowest BCUT2D eigenvalue weighted by molar-refractivity contribution is 0.551. The molecule has 1 aliphatic carbocycles. The van der Waals surface area contributed by atoms with E-state index in [2.05, 4.69) is 41.3 Å². The van der Waals surface area contributed by atoms with Crippen molar-refractivity contribution in [2.24, 2.45) is 0 Å². The highest BCUT2D eigenvalue weighted by Crippen LogP contribution is 2.42. The molecule has 5 nitrogen and oxygen atoms in total. The fraction of sp³-hybridized carbons (Fsp3) is 0.400. The van der Waals surface area contributed by atoms with Gasteiger partial charge in [-0.2, -0.15) is 10.2 Å². The van der Waals surface area contributed by atoms with Gasteiger partial charge in [-0.3, -0.25) is 9.78 Å². The van der Waals surface area contributed by atoms with Crippen LogP contribution in [0, 0.1) is 0 Å². The highest BCUT2D eigenvalue weighted by atomic mass is 15.3. The summed E-state index contributed by atoms with van der Waals surface area (Å²) in [4.78, 5) is 4.75. The number of pyridine rings is 1. The van der Waals surface area contributed by atoms with Crippen molar-refractivity contribution >= 4 is 11.0 Å². The molecule has 0 aliphatic heterocycles. The zero-order valence-corrected chi connectivity index (χ0v) is 11.7. The second-order valence-corrected chi connectivity index (χ2v) is 5.74. The van der Waals surface area contributed by atoms with Gasteiger partial charge >= 0.3 is 0 Å². The van der Waals surface area contributed by atoms with Crippen molar-refractivity contribution in [3.05, 3.63) is 30.2 Å². The summed E-state index contributed by atoms with van der Waals surface area (Å²) in [5.74, 6) is 0.618. The largest absolute Gasteiger partial charge is 0.285 e. The Labute approximate surface area is 117 Å². The predicted molar refractivity (Wildman–Crippen MR) is 77.5 cm³/mol. The van der Waals surface area contributed by atoms with E-state index in [1.807, 2.05) is 17.1 Å². The lowest BCUT2D eigenvalue weighted by Gasteiger charge is -2.07. The molecule has 0 atom stereocenters. The molecule has 3 aromatic rings. The summed E-state index contributed by atoms with van der Waals surface area (Å²) in [6.07, 6.45) is 6.28. The van der Waals surface area contributed by atoms with E-state index in [1.54, 1.807) is 0 Å². The zero-order chi connectivity index (χ0) is 13.7. The third-order valence-electron chi connectivity index (χ3n) is 3.85. The van der Waals surface area contributed by atoms with Gasteiger partial charge in [0, 0.05) is 23.7 Å². The van der Waals surface area contributed by atoms with Gasteiger partial charge in [0.15, 0.2) is 0 Å². The minimum atomic E-state index is 0.344. The number of fused-ring (bicyclic) bond motifs is 1. The lowest BCUT2D eigenvalue weighted by Crippen LogP contribution is -2.01. The maximum absolute atomic E-state index is 4.75. The van der Waals surface area contributed by atoms with Crippen LogP contribution in [0.5, 0.6) is 0 Å². The monoisotopic (exact) mass is 267 g/mol. The molecule has 102 valence electrons. The normalized spacial score (nSPS) is 15.3. The van der Waals surface area contributed by atoms with E-state index < -0.39 is 0 Å². The minimum absolute atomic E-state index is 0.344. The first kappa shape index (κ1) is 11.6. The molecule has 1 fully saturated rings. The molecular weight excluding hydrogens is 250 g/mol. The summed E-state index contributed by atoms with van der Waals surface area (Å²) in [5.41, 5.74) is 5.30. The third-order valence-corrected chi connectivity index (χ3v) is 3.85. The quantitative estimate of drug-likeness (QED) is 0.792. The molecule has 0 bridgehead atoms. The number of hydrogen-bond donors (Lipinski definition) is 1. The van der Waals surface area contributed by atoms with Crippen LogP contribution in [0.2, 0.25) is 0 Å². The van der Waals surface area contributed by atoms with E-state index in [1.165, 1.54) is 12.8 Å². The van der Waals surface area contributed by atoms with Crippen LogP contribution in [0.15, 0.2) is 24.5 Å². The van der Waals surface area contributed by atoms with Crippen molar-refractivity contribution in [1.29, 1.82) is 0 Å². The van der Waals surface area contributed by atoms with Gasteiger partial charge in [0.25, 0.3) is 0 Å². The molecule has 1 N–H and O–H groups in total. The SMILES string of the molecule is CC(C)n1ncc2nc(-c3c[nH]nc3C3CC3)ccc21. The van der Waals surface area contributed by atoms with Gasteiger partial charge < -0.3 is 0 Å². The van der Waals surface area contributed by atoms with Crippen molar-refractivity contribution in [2.75, 3.05) is 0 Å². The Morgan fingerprint density at radius 2 is 2.15 bits per heavy atom. The number of nitrogens with zero attached hydrogens (tertiary/aromatic N) is 4. The van der Waals surface area contributed by atoms with Crippen LogP contribution in [0.3, 0.4) is 0 Å². The first-order chi connectivity index (χ1) is 9.74. The summed E-state index contributed by atoms with van der Waals surface area (Å²) in [5, 5.41) is 11.8. The van der Waals surface area contributed by atoms with Gasteiger partial charge in [-0.15, -0.1) is 0 Å². The summed E-state index contributed by atoms with van der Waals surface area (Å²) >= 11 is 0. The van der Waals surface area contributed by atoms with Crippen molar-refractivity contribution in [1.82, 2.24) is 25.0 Å². The first-order valence-corrected chi connectivity index (χ1v) is 7.12. The molecular formula is C15H17N5. The summed E-state index contributed by atoms with van der Waals surface area (Å²) in [6, 6.07) is 4.52. The van der Waals surface area contributed by atoms with Gasteiger partial charge in [-0.25, -0.2) is 4.98 Å². The second kappa shape index (κ2) is 4.16. The van der Waals surface area contributed by atoms with Crippen molar-refractivity contribution in [2.45, 2.75) is 38.6 Å². The van der Waals surface area contributed by atoms with Crippen LogP contribution < -0.4 is 0 Å². The smallest absolute Gasteiger partial charge is 0.109 e. The maximum atomic E-state index is 4.75. The summed E-state index contributed by atoms with van der Waals surface area (Å²) in [7, 11) is 0. The van der Waals surface area contributed by atoms with Gasteiger partial charge in [-0.1, -0.05) is 0 Å². The molecule has 0 saturated heterocycles. The summed E-state index contributed by atoms with van der Waals surface area (Å²) in [6.45, 7) is 4.25. The first-order valence-electron chi connectivity index (χ1n) is 7.12. The Kier molecular flexibility index (Phi) is 2.42. The molecule has 0 radical (unpaired) electrons. The number of hydrogen-bond acceptors (Lipinski definition) is 3. The minimum Gasteiger partial charge on any atom is -0.285 e. The van der Waals surface area contributed by atoms with E-state index in [9.17, 15) is 0 Å². The van der Waals surface area contributed by atoms with Crippen molar-refractivity contribution in [3.63, 3.8) is 0 Å². The van der Waals surface area contributed by atoms with Crippen LogP contribution in [-0.4, -0.2) is 25.0 Å². The molecule has 20 heavy (non-hydrogen) atoms. The van der Waals surface area contributed by atoms with Gasteiger partial charge in [0.05, 0.1) is 23.1 Å². The van der Waals surface area contributed by atoms with Crippen molar-refractivity contribution in [3.8, 4) is 11.3 Å². The second-order valence-electron chi connectivity index (χ2n) is 5.74. The van der Waals surface area contributed by atoms with Gasteiger partial charge in [0.1, 0.15) is 5.52 Å². The van der Waals surface area contributed by atoms with E-state index in [4.69, 9.17) is 4.98 Å². The Balaban J connectivity index is 1.82. The summed E-state index contributed by atoms with van der Waals surface area (Å²) < 4.78 is 2.00. The van der Waals surface area contributed by atoms with Crippen LogP contribution in [0.1, 0.15) is 44.3 Å². The van der Waals surface area contributed by atoms with E-state index in [0.29, 0.717) is 12.0 Å². The van der Waals surface area contributed by atoms with Crippen LogP contribution in [0.25, 0.3) is 22.3 Å². The maximum Gasteiger partial charge on any atom is 0.109 e. The fourth-order valence-electron chi connectivity index (χ4n) is 2.67. The Morgan fingerprint density at radius 1 is 1.30 bits per heavy atom. The molecule has 4 rings (SSSR count). The Bertz CT molecular complexity index is 764. The highest BCUT2D eigenvalue weighted by Gasteiger charge is 2.29. The van der Waals surface area contributed by atoms with Crippen LogP contribution >= 0.6 is 0 Å².